The van der Waals surface area contributed by atoms with Gasteiger partial charge < -0.3 is 4.74 Å². The fourth-order valence-electron chi connectivity index (χ4n) is 2.45. The first-order chi connectivity index (χ1) is 11.5. The van der Waals surface area contributed by atoms with Crippen LogP contribution in [-0.4, -0.2) is 46.9 Å². The number of hydrogen-bond donors (Lipinski definition) is 0. The smallest absolute Gasteiger partial charge is 0.265 e. The van der Waals surface area contributed by atoms with Gasteiger partial charge in [-0.3, -0.25) is 19.4 Å². The van der Waals surface area contributed by atoms with E-state index in [0.29, 0.717) is 13.1 Å². The molecule has 0 aromatic heterocycles. The number of nitrogens with zero attached hydrogens (tertiary/aromatic N) is 2. The molecule has 2 rings (SSSR count). The molecule has 1 saturated heterocycles. The Morgan fingerprint density at radius 2 is 1.67 bits per heavy atom. The molecule has 0 spiro atoms. The number of benzene rings is 1. The zero-order valence-corrected chi connectivity index (χ0v) is 14.8. The summed E-state index contributed by atoms with van der Waals surface area (Å²) in [5.74, 6) is 0.00347. The Labute approximate surface area is 147 Å². The van der Waals surface area contributed by atoms with Gasteiger partial charge in [0.15, 0.2) is 5.11 Å². The quantitative estimate of drug-likeness (QED) is 0.468. The van der Waals surface area contributed by atoms with E-state index < -0.39 is 0 Å². The van der Waals surface area contributed by atoms with E-state index in [1.807, 2.05) is 38.1 Å². The van der Waals surface area contributed by atoms with E-state index in [1.54, 1.807) is 19.3 Å². The third-order valence-electron chi connectivity index (χ3n) is 3.72. The molecule has 1 fully saturated rings. The van der Waals surface area contributed by atoms with Gasteiger partial charge in [0.25, 0.3) is 11.8 Å². The number of thiocarbonyl (C=S) groups is 1. The van der Waals surface area contributed by atoms with Crippen LogP contribution in [0.5, 0.6) is 5.75 Å². The number of methoxy groups -OCH3 is 1. The Bertz CT molecular complexity index is 697. The van der Waals surface area contributed by atoms with Crippen LogP contribution >= 0.6 is 12.2 Å². The van der Waals surface area contributed by atoms with Crippen LogP contribution in [0.15, 0.2) is 42.0 Å². The molecule has 0 bridgehead atoms. The van der Waals surface area contributed by atoms with Crippen LogP contribution in [-0.2, 0) is 9.59 Å². The van der Waals surface area contributed by atoms with Crippen molar-refractivity contribution in [1.29, 1.82) is 0 Å². The standard InChI is InChI=1S/C18H20N2O3S/c1-4-19-16(21)14(17(22)20(5-2)18(19)24)11-8-10-13-9-6-7-12-15(13)23-3/h6-12H,4-5H2,1-3H3. The molecule has 6 heteroatoms. The van der Waals surface area contributed by atoms with E-state index in [-0.39, 0.29) is 22.5 Å². The fourth-order valence-corrected chi connectivity index (χ4v) is 2.88. The highest BCUT2D eigenvalue weighted by Crippen LogP contribution is 2.20. The average molecular weight is 344 g/mol. The summed E-state index contributed by atoms with van der Waals surface area (Å²) < 4.78 is 5.27. The largest absolute Gasteiger partial charge is 0.496 e. The average Bonchev–Trinajstić information content (AvgIpc) is 2.59. The van der Waals surface area contributed by atoms with Crippen LogP contribution in [0.25, 0.3) is 6.08 Å². The van der Waals surface area contributed by atoms with Gasteiger partial charge in [0.05, 0.1) is 7.11 Å². The second kappa shape index (κ2) is 7.88. The Morgan fingerprint density at radius 3 is 2.21 bits per heavy atom. The lowest BCUT2D eigenvalue weighted by Gasteiger charge is -2.35. The number of hydrogen-bond acceptors (Lipinski definition) is 4. The zero-order valence-electron chi connectivity index (χ0n) is 14.0. The molecule has 0 unspecified atom stereocenters. The van der Waals surface area contributed by atoms with Crippen molar-refractivity contribution in [2.45, 2.75) is 13.8 Å². The van der Waals surface area contributed by atoms with E-state index >= 15 is 0 Å². The van der Waals surface area contributed by atoms with Crippen LogP contribution in [0.3, 0.4) is 0 Å². The number of allylic oxidation sites excluding steroid dienone is 2. The van der Waals surface area contributed by atoms with Gasteiger partial charge in [-0.25, -0.2) is 0 Å². The molecule has 1 aliphatic heterocycles. The van der Waals surface area contributed by atoms with E-state index in [4.69, 9.17) is 17.0 Å². The zero-order chi connectivity index (χ0) is 17.7. The van der Waals surface area contributed by atoms with Crippen molar-refractivity contribution < 1.29 is 14.3 Å². The summed E-state index contributed by atoms with van der Waals surface area (Å²) in [4.78, 5) is 27.8. The molecule has 1 aromatic rings. The van der Waals surface area contributed by atoms with Crippen LogP contribution in [0.2, 0.25) is 0 Å². The van der Waals surface area contributed by atoms with Gasteiger partial charge >= 0.3 is 0 Å². The Morgan fingerprint density at radius 1 is 1.08 bits per heavy atom. The van der Waals surface area contributed by atoms with Gasteiger partial charge in [0, 0.05) is 18.7 Å². The van der Waals surface area contributed by atoms with Crippen LogP contribution in [0, 0.1) is 0 Å². The molecule has 2 amide bonds. The lowest BCUT2D eigenvalue weighted by atomic mass is 10.1. The minimum Gasteiger partial charge on any atom is -0.496 e. The maximum Gasteiger partial charge on any atom is 0.265 e. The van der Waals surface area contributed by atoms with Crippen molar-refractivity contribution in [2.75, 3.05) is 20.2 Å². The van der Waals surface area contributed by atoms with Gasteiger partial charge in [-0.2, -0.15) is 0 Å². The summed E-state index contributed by atoms with van der Waals surface area (Å²) in [5, 5.41) is 0.265. The summed E-state index contributed by atoms with van der Waals surface area (Å²) in [6.07, 6.45) is 5.01. The topological polar surface area (TPSA) is 49.9 Å². The van der Waals surface area contributed by atoms with Gasteiger partial charge in [-0.15, -0.1) is 0 Å². The van der Waals surface area contributed by atoms with Gasteiger partial charge in [-0.1, -0.05) is 30.4 Å². The summed E-state index contributed by atoms with van der Waals surface area (Å²) in [6.45, 7) is 4.51. The second-order valence-corrected chi connectivity index (χ2v) is 5.43. The van der Waals surface area contributed by atoms with Crippen molar-refractivity contribution in [2.24, 2.45) is 0 Å². The minimum absolute atomic E-state index is 0.110. The number of carbonyl (C=O) groups is 2. The molecule has 0 atom stereocenters. The molecule has 126 valence electrons. The summed E-state index contributed by atoms with van der Waals surface area (Å²) in [6, 6.07) is 7.51. The van der Waals surface area contributed by atoms with Crippen LogP contribution in [0.1, 0.15) is 19.4 Å². The van der Waals surface area contributed by atoms with E-state index in [0.717, 1.165) is 11.3 Å². The van der Waals surface area contributed by atoms with Crippen molar-refractivity contribution in [3.63, 3.8) is 0 Å². The molecule has 0 aliphatic carbocycles. The van der Waals surface area contributed by atoms with Crippen molar-refractivity contribution >= 4 is 35.2 Å². The first kappa shape index (κ1) is 17.9. The minimum atomic E-state index is -0.359. The molecule has 1 aliphatic rings. The fraction of sp³-hybridized carbons (Fsp3) is 0.278. The first-order valence-corrected chi connectivity index (χ1v) is 8.15. The third kappa shape index (κ3) is 3.38. The number of ether oxygens (including phenoxy) is 1. The maximum absolute atomic E-state index is 12.5. The van der Waals surface area contributed by atoms with Gasteiger partial charge in [-0.05, 0) is 38.2 Å². The molecule has 0 radical (unpaired) electrons. The van der Waals surface area contributed by atoms with E-state index in [2.05, 4.69) is 0 Å². The molecule has 0 N–H and O–H groups in total. The highest BCUT2D eigenvalue weighted by molar-refractivity contribution is 7.80. The van der Waals surface area contributed by atoms with Gasteiger partial charge in [0.2, 0.25) is 0 Å². The monoisotopic (exact) mass is 344 g/mol. The molecule has 0 saturated carbocycles. The summed E-state index contributed by atoms with van der Waals surface area (Å²) in [7, 11) is 1.60. The number of likely N-dealkylation sites (N-methyl/N-ethyl adjacent to an activating group) is 2. The predicted molar refractivity (Wildman–Crippen MR) is 97.5 cm³/mol. The van der Waals surface area contributed by atoms with Crippen LogP contribution < -0.4 is 4.74 Å². The predicted octanol–water partition coefficient (Wildman–Crippen LogP) is 2.63. The van der Waals surface area contributed by atoms with Crippen molar-refractivity contribution in [1.82, 2.24) is 9.80 Å². The summed E-state index contributed by atoms with van der Waals surface area (Å²) >= 11 is 5.22. The van der Waals surface area contributed by atoms with Crippen LogP contribution in [0.4, 0.5) is 0 Å². The molecule has 24 heavy (non-hydrogen) atoms. The third-order valence-corrected chi connectivity index (χ3v) is 4.16. The van der Waals surface area contributed by atoms with Crippen molar-refractivity contribution in [3.05, 3.63) is 47.6 Å². The molecule has 5 nitrogen and oxygen atoms in total. The number of para-hydroxylation sites is 1. The number of amides is 2. The Hall–Kier alpha value is -2.47. The lowest BCUT2D eigenvalue weighted by molar-refractivity contribution is -0.133. The normalized spacial score (nSPS) is 15.5. The molecule has 1 heterocycles. The molecular weight excluding hydrogens is 324 g/mol. The highest BCUT2D eigenvalue weighted by Gasteiger charge is 2.37. The van der Waals surface area contributed by atoms with E-state index in [1.165, 1.54) is 15.9 Å². The summed E-state index contributed by atoms with van der Waals surface area (Å²) in [5.41, 5.74) is 0.973. The lowest BCUT2D eigenvalue weighted by Crippen LogP contribution is -2.55. The Kier molecular flexibility index (Phi) is 5.87. The first-order valence-electron chi connectivity index (χ1n) is 7.74. The van der Waals surface area contributed by atoms with E-state index in [9.17, 15) is 9.59 Å². The maximum atomic E-state index is 12.5. The number of carbonyl (C=O) groups excluding carboxylic acids is 2. The molecule has 1 aromatic carbocycles. The van der Waals surface area contributed by atoms with Gasteiger partial charge in [0.1, 0.15) is 11.3 Å². The number of rotatable bonds is 5. The molecular formula is C18H20N2O3S. The second-order valence-electron chi connectivity index (χ2n) is 5.06. The highest BCUT2D eigenvalue weighted by atomic mass is 32.1. The SMILES string of the molecule is CCN1C(=O)C(=CC=Cc2ccccc2OC)C(=O)N(CC)C1=S. The Balaban J connectivity index is 2.33. The van der Waals surface area contributed by atoms with Crippen molar-refractivity contribution in [3.8, 4) is 5.75 Å².